The van der Waals surface area contributed by atoms with E-state index in [2.05, 4.69) is 0 Å². The van der Waals surface area contributed by atoms with Crippen molar-refractivity contribution in [2.45, 2.75) is 44.6 Å². The molecule has 122 valence electrons. The molecule has 1 unspecified atom stereocenters. The van der Waals surface area contributed by atoms with E-state index in [0.29, 0.717) is 19.1 Å². The SMILES string of the molecule is CN(C(=O)C1CCCN(S(=O)(=O)N(C)C)C1)C1CCCC1. The molecule has 2 aliphatic rings. The van der Waals surface area contributed by atoms with Crippen molar-refractivity contribution in [1.29, 1.82) is 0 Å². The van der Waals surface area contributed by atoms with E-state index in [0.717, 1.165) is 25.7 Å². The molecule has 1 heterocycles. The van der Waals surface area contributed by atoms with Crippen LogP contribution in [0.15, 0.2) is 0 Å². The standard InChI is InChI=1S/C14H27N3O3S/c1-15(2)21(19,20)17-10-6-7-12(11-17)14(18)16(3)13-8-4-5-9-13/h12-13H,4-11H2,1-3H3. The molecule has 0 radical (unpaired) electrons. The molecule has 1 saturated heterocycles. The van der Waals surface area contributed by atoms with Gasteiger partial charge >= 0.3 is 0 Å². The second kappa shape index (κ2) is 6.62. The molecule has 1 saturated carbocycles. The highest BCUT2D eigenvalue weighted by atomic mass is 32.2. The summed E-state index contributed by atoms with van der Waals surface area (Å²) in [6.45, 7) is 0.827. The van der Waals surface area contributed by atoms with Crippen LogP contribution in [-0.4, -0.2) is 68.1 Å². The number of piperidine rings is 1. The fraction of sp³-hybridized carbons (Fsp3) is 0.929. The molecule has 1 aliphatic heterocycles. The zero-order chi connectivity index (χ0) is 15.6. The minimum Gasteiger partial charge on any atom is -0.342 e. The summed E-state index contributed by atoms with van der Waals surface area (Å²) >= 11 is 0. The van der Waals surface area contributed by atoms with Gasteiger partial charge in [0.15, 0.2) is 0 Å². The number of nitrogens with zero attached hydrogens (tertiary/aromatic N) is 3. The summed E-state index contributed by atoms with van der Waals surface area (Å²) < 4.78 is 27.1. The summed E-state index contributed by atoms with van der Waals surface area (Å²) in [6.07, 6.45) is 6.07. The predicted molar refractivity (Wildman–Crippen MR) is 81.9 cm³/mol. The Hall–Kier alpha value is -0.660. The summed E-state index contributed by atoms with van der Waals surface area (Å²) in [5.74, 6) is -0.0837. The molecule has 0 bridgehead atoms. The largest absolute Gasteiger partial charge is 0.342 e. The molecule has 1 amide bonds. The van der Waals surface area contributed by atoms with Gasteiger partial charge in [0.2, 0.25) is 5.91 Å². The lowest BCUT2D eigenvalue weighted by Crippen LogP contribution is -2.50. The number of hydrogen-bond acceptors (Lipinski definition) is 3. The Morgan fingerprint density at radius 3 is 2.24 bits per heavy atom. The topological polar surface area (TPSA) is 60.9 Å². The van der Waals surface area contributed by atoms with E-state index in [1.54, 1.807) is 0 Å². The number of rotatable bonds is 4. The van der Waals surface area contributed by atoms with E-state index in [1.165, 1.54) is 35.5 Å². The van der Waals surface area contributed by atoms with E-state index in [4.69, 9.17) is 0 Å². The van der Waals surface area contributed by atoms with Gasteiger partial charge in [-0.05, 0) is 25.7 Å². The van der Waals surface area contributed by atoms with Gasteiger partial charge in [0.05, 0.1) is 5.92 Å². The van der Waals surface area contributed by atoms with Gasteiger partial charge < -0.3 is 4.90 Å². The molecule has 1 aliphatic carbocycles. The Morgan fingerprint density at radius 1 is 1.05 bits per heavy atom. The third kappa shape index (κ3) is 3.57. The van der Waals surface area contributed by atoms with Crippen molar-refractivity contribution in [3.63, 3.8) is 0 Å². The minimum atomic E-state index is -3.42. The third-order valence-electron chi connectivity index (χ3n) is 4.74. The molecular formula is C14H27N3O3S. The fourth-order valence-corrected chi connectivity index (χ4v) is 4.53. The molecule has 0 aromatic rings. The Kier molecular flexibility index (Phi) is 5.27. The van der Waals surface area contributed by atoms with Gasteiger partial charge in [-0.1, -0.05) is 12.8 Å². The second-order valence-corrected chi connectivity index (χ2v) is 8.52. The monoisotopic (exact) mass is 317 g/mol. The van der Waals surface area contributed by atoms with Crippen molar-refractivity contribution < 1.29 is 13.2 Å². The highest BCUT2D eigenvalue weighted by Crippen LogP contribution is 2.27. The lowest BCUT2D eigenvalue weighted by atomic mass is 9.97. The Morgan fingerprint density at radius 2 is 1.67 bits per heavy atom. The normalized spacial score (nSPS) is 25.4. The van der Waals surface area contributed by atoms with Gasteiger partial charge in [0.1, 0.15) is 0 Å². The van der Waals surface area contributed by atoms with Gasteiger partial charge in [0, 0.05) is 40.3 Å². The summed E-state index contributed by atoms with van der Waals surface area (Å²) in [5.41, 5.74) is 0. The highest BCUT2D eigenvalue weighted by Gasteiger charge is 2.36. The van der Waals surface area contributed by atoms with Crippen LogP contribution in [0.25, 0.3) is 0 Å². The molecule has 1 atom stereocenters. The minimum absolute atomic E-state index is 0.112. The third-order valence-corrected chi connectivity index (χ3v) is 6.65. The molecule has 2 fully saturated rings. The van der Waals surface area contributed by atoms with Crippen LogP contribution in [0.1, 0.15) is 38.5 Å². The molecule has 7 heteroatoms. The molecule has 21 heavy (non-hydrogen) atoms. The number of hydrogen-bond donors (Lipinski definition) is 0. The fourth-order valence-electron chi connectivity index (χ4n) is 3.34. The number of amides is 1. The van der Waals surface area contributed by atoms with Crippen molar-refractivity contribution >= 4 is 16.1 Å². The van der Waals surface area contributed by atoms with Gasteiger partial charge in [-0.2, -0.15) is 17.0 Å². The lowest BCUT2D eigenvalue weighted by molar-refractivity contribution is -0.137. The first kappa shape index (κ1) is 16.7. The first-order chi connectivity index (χ1) is 9.84. The molecule has 0 spiro atoms. The van der Waals surface area contributed by atoms with Crippen LogP contribution in [0, 0.1) is 5.92 Å². The van der Waals surface area contributed by atoms with Gasteiger partial charge in [-0.25, -0.2) is 0 Å². The number of carbonyl (C=O) groups excluding carboxylic acids is 1. The Labute approximate surface area is 128 Å². The summed E-state index contributed by atoms with van der Waals surface area (Å²) in [6, 6.07) is 0.346. The van der Waals surface area contributed by atoms with Crippen LogP contribution < -0.4 is 0 Å². The maximum absolute atomic E-state index is 12.6. The Balaban J connectivity index is 2.02. The van der Waals surface area contributed by atoms with E-state index in [9.17, 15) is 13.2 Å². The highest BCUT2D eigenvalue weighted by molar-refractivity contribution is 7.86. The maximum atomic E-state index is 12.6. The van der Waals surface area contributed by atoms with E-state index in [-0.39, 0.29) is 11.8 Å². The predicted octanol–water partition coefficient (Wildman–Crippen LogP) is 0.906. The zero-order valence-electron chi connectivity index (χ0n) is 13.3. The van der Waals surface area contributed by atoms with Crippen molar-refractivity contribution in [3.8, 4) is 0 Å². The second-order valence-electron chi connectivity index (χ2n) is 6.37. The van der Waals surface area contributed by atoms with E-state index >= 15 is 0 Å². The van der Waals surface area contributed by atoms with Crippen LogP contribution in [0.3, 0.4) is 0 Å². The summed E-state index contributed by atoms with van der Waals surface area (Å²) in [7, 11) is 1.52. The molecule has 2 rings (SSSR count). The summed E-state index contributed by atoms with van der Waals surface area (Å²) in [4.78, 5) is 14.5. The average molecular weight is 317 g/mol. The van der Waals surface area contributed by atoms with E-state index < -0.39 is 10.2 Å². The first-order valence-electron chi connectivity index (χ1n) is 7.78. The lowest BCUT2D eigenvalue weighted by Gasteiger charge is -2.35. The van der Waals surface area contributed by atoms with Gasteiger partial charge in [-0.15, -0.1) is 0 Å². The molecule has 6 nitrogen and oxygen atoms in total. The molecular weight excluding hydrogens is 290 g/mol. The quantitative estimate of drug-likeness (QED) is 0.774. The van der Waals surface area contributed by atoms with Crippen LogP contribution in [0.2, 0.25) is 0 Å². The summed E-state index contributed by atoms with van der Waals surface area (Å²) in [5, 5.41) is 0. The van der Waals surface area contributed by atoms with Crippen LogP contribution in [-0.2, 0) is 15.0 Å². The van der Waals surface area contributed by atoms with Gasteiger partial charge in [-0.3, -0.25) is 4.79 Å². The first-order valence-corrected chi connectivity index (χ1v) is 9.18. The van der Waals surface area contributed by atoms with Crippen molar-refractivity contribution in [3.05, 3.63) is 0 Å². The maximum Gasteiger partial charge on any atom is 0.281 e. The van der Waals surface area contributed by atoms with Crippen LogP contribution >= 0.6 is 0 Å². The number of carbonyl (C=O) groups is 1. The van der Waals surface area contributed by atoms with Gasteiger partial charge in [0.25, 0.3) is 10.2 Å². The van der Waals surface area contributed by atoms with Crippen molar-refractivity contribution in [1.82, 2.24) is 13.5 Å². The van der Waals surface area contributed by atoms with Crippen LogP contribution in [0.4, 0.5) is 0 Å². The smallest absolute Gasteiger partial charge is 0.281 e. The molecule has 0 aromatic heterocycles. The molecule has 0 N–H and O–H groups in total. The van der Waals surface area contributed by atoms with Crippen molar-refractivity contribution in [2.24, 2.45) is 5.92 Å². The molecule has 0 aromatic carbocycles. The Bertz CT molecular complexity index is 472. The average Bonchev–Trinajstić information content (AvgIpc) is 2.99. The zero-order valence-corrected chi connectivity index (χ0v) is 14.1. The van der Waals surface area contributed by atoms with Crippen LogP contribution in [0.5, 0.6) is 0 Å². The van der Waals surface area contributed by atoms with Crippen molar-refractivity contribution in [2.75, 3.05) is 34.2 Å². The van der Waals surface area contributed by atoms with E-state index in [1.807, 2.05) is 11.9 Å².